The maximum Gasteiger partial charge on any atom is 0.243 e. The summed E-state index contributed by atoms with van der Waals surface area (Å²) in [6.45, 7) is 5.15. The number of sulfonamides is 1. The molecule has 0 unspecified atom stereocenters. The summed E-state index contributed by atoms with van der Waals surface area (Å²) < 4.78 is 26.7. The van der Waals surface area contributed by atoms with Crippen molar-refractivity contribution in [1.29, 1.82) is 5.26 Å². The molecule has 0 saturated carbocycles. The second kappa shape index (κ2) is 9.50. The average Bonchev–Trinajstić information content (AvgIpc) is 2.76. The number of hydrogen-bond acceptors (Lipinski definition) is 5. The van der Waals surface area contributed by atoms with Crippen molar-refractivity contribution in [3.05, 3.63) is 59.2 Å². The molecule has 2 aromatic rings. The highest BCUT2D eigenvalue weighted by atomic mass is 32.2. The molecule has 0 radical (unpaired) electrons. The van der Waals surface area contributed by atoms with Gasteiger partial charge in [-0.3, -0.25) is 4.79 Å². The summed E-state index contributed by atoms with van der Waals surface area (Å²) in [5.41, 5.74) is 3.61. The highest BCUT2D eigenvalue weighted by Gasteiger charge is 2.26. The molecular formula is C23H28N4O3S. The highest BCUT2D eigenvalue weighted by molar-refractivity contribution is 7.89. The Hall–Kier alpha value is -2.89. The molecule has 2 aromatic carbocycles. The summed E-state index contributed by atoms with van der Waals surface area (Å²) in [6.07, 6.45) is 1.55. The summed E-state index contributed by atoms with van der Waals surface area (Å²) in [4.78, 5) is 14.9. The summed E-state index contributed by atoms with van der Waals surface area (Å²) >= 11 is 0. The van der Waals surface area contributed by atoms with E-state index in [1.54, 1.807) is 30.3 Å². The molecule has 1 fully saturated rings. The zero-order valence-corrected chi connectivity index (χ0v) is 18.9. The lowest BCUT2D eigenvalue weighted by Gasteiger charge is -2.34. The van der Waals surface area contributed by atoms with Crippen molar-refractivity contribution in [2.75, 3.05) is 31.6 Å². The Bertz CT molecular complexity index is 1080. The van der Waals surface area contributed by atoms with Crippen molar-refractivity contribution in [1.82, 2.24) is 9.62 Å². The number of hydrogen-bond donors (Lipinski definition) is 1. The maximum absolute atomic E-state index is 12.8. The second-order valence-corrected chi connectivity index (χ2v) is 10.0. The molecule has 8 heteroatoms. The van der Waals surface area contributed by atoms with Gasteiger partial charge in [-0.1, -0.05) is 6.07 Å². The first-order valence-electron chi connectivity index (χ1n) is 10.3. The van der Waals surface area contributed by atoms with Crippen molar-refractivity contribution in [3.63, 3.8) is 0 Å². The minimum absolute atomic E-state index is 0.0138. The van der Waals surface area contributed by atoms with Crippen molar-refractivity contribution in [2.45, 2.75) is 37.6 Å². The van der Waals surface area contributed by atoms with Crippen LogP contribution in [0.25, 0.3) is 0 Å². The van der Waals surface area contributed by atoms with Gasteiger partial charge in [-0.05, 0) is 74.2 Å². The molecule has 1 amide bonds. The molecule has 0 aromatic heterocycles. The second-order valence-electron chi connectivity index (χ2n) is 7.99. The van der Waals surface area contributed by atoms with Gasteiger partial charge >= 0.3 is 0 Å². The van der Waals surface area contributed by atoms with Crippen LogP contribution >= 0.6 is 0 Å². The van der Waals surface area contributed by atoms with Crippen molar-refractivity contribution < 1.29 is 13.2 Å². The van der Waals surface area contributed by atoms with Gasteiger partial charge < -0.3 is 10.2 Å². The van der Waals surface area contributed by atoms with Crippen molar-refractivity contribution in [2.24, 2.45) is 0 Å². The number of likely N-dealkylation sites (N-methyl/N-ethyl adjacent to an activating group) is 1. The van der Waals surface area contributed by atoms with Crippen molar-refractivity contribution >= 4 is 21.6 Å². The quantitative estimate of drug-likeness (QED) is 0.745. The van der Waals surface area contributed by atoms with Crippen LogP contribution in [0.4, 0.5) is 5.69 Å². The van der Waals surface area contributed by atoms with Crippen LogP contribution in [0, 0.1) is 25.2 Å². The van der Waals surface area contributed by atoms with Gasteiger partial charge in [0.25, 0.3) is 0 Å². The van der Waals surface area contributed by atoms with Crippen LogP contribution < -0.4 is 10.2 Å². The molecular weight excluding hydrogens is 412 g/mol. The van der Waals surface area contributed by atoms with E-state index in [4.69, 9.17) is 5.26 Å². The smallest absolute Gasteiger partial charge is 0.243 e. The molecule has 1 saturated heterocycles. The Morgan fingerprint density at radius 3 is 2.35 bits per heavy atom. The third-order valence-corrected chi connectivity index (χ3v) is 7.57. The van der Waals surface area contributed by atoms with Gasteiger partial charge in [0.15, 0.2) is 0 Å². The number of amides is 1. The van der Waals surface area contributed by atoms with E-state index in [2.05, 4.69) is 16.3 Å². The topological polar surface area (TPSA) is 93.5 Å². The predicted molar refractivity (Wildman–Crippen MR) is 120 cm³/mol. The fourth-order valence-corrected chi connectivity index (χ4v) is 4.86. The zero-order valence-electron chi connectivity index (χ0n) is 18.1. The van der Waals surface area contributed by atoms with Crippen LogP contribution in [0.1, 0.15) is 29.5 Å². The SMILES string of the molecule is Cc1ccc(S(=O)(=O)N(C)CC(=O)NC2CCN(c3ccc(C#N)cc3)CC2)cc1C. The van der Waals surface area contributed by atoms with E-state index >= 15 is 0 Å². The number of aryl methyl sites for hydroxylation is 2. The van der Waals surface area contributed by atoms with Gasteiger partial charge in [-0.25, -0.2) is 8.42 Å². The Morgan fingerprint density at radius 1 is 1.13 bits per heavy atom. The first-order valence-corrected chi connectivity index (χ1v) is 11.7. The molecule has 0 bridgehead atoms. The molecule has 3 rings (SSSR count). The molecule has 7 nitrogen and oxygen atoms in total. The molecule has 1 aliphatic heterocycles. The Labute approximate surface area is 184 Å². The molecule has 1 heterocycles. The van der Waals surface area contributed by atoms with Gasteiger partial charge in [0.2, 0.25) is 15.9 Å². The van der Waals surface area contributed by atoms with E-state index in [1.807, 2.05) is 26.0 Å². The normalized spacial score (nSPS) is 15.0. The van der Waals surface area contributed by atoms with Crippen LogP contribution in [0.2, 0.25) is 0 Å². The van der Waals surface area contributed by atoms with E-state index in [-0.39, 0.29) is 23.4 Å². The summed E-state index contributed by atoms with van der Waals surface area (Å²) in [5, 5.41) is 11.9. The Kier molecular flexibility index (Phi) is 6.98. The highest BCUT2D eigenvalue weighted by Crippen LogP contribution is 2.21. The van der Waals surface area contributed by atoms with Gasteiger partial charge in [0, 0.05) is 31.9 Å². The Balaban J connectivity index is 1.52. The van der Waals surface area contributed by atoms with E-state index in [1.165, 1.54) is 7.05 Å². The van der Waals surface area contributed by atoms with E-state index in [0.29, 0.717) is 5.56 Å². The maximum atomic E-state index is 12.8. The summed E-state index contributed by atoms with van der Waals surface area (Å²) in [7, 11) is -2.30. The number of carbonyl (C=O) groups excluding carboxylic acids is 1. The summed E-state index contributed by atoms with van der Waals surface area (Å²) in [5.74, 6) is -0.299. The molecule has 1 aliphatic rings. The number of nitriles is 1. The number of nitrogens with zero attached hydrogens (tertiary/aromatic N) is 3. The van der Waals surface area contributed by atoms with Crippen LogP contribution in [-0.4, -0.2) is 51.4 Å². The zero-order chi connectivity index (χ0) is 22.6. The van der Waals surface area contributed by atoms with E-state index < -0.39 is 10.0 Å². The van der Waals surface area contributed by atoms with Crippen LogP contribution in [0.5, 0.6) is 0 Å². The van der Waals surface area contributed by atoms with Gasteiger partial charge in [-0.2, -0.15) is 9.57 Å². The minimum atomic E-state index is -3.72. The first-order chi connectivity index (χ1) is 14.7. The number of benzene rings is 2. The molecule has 0 aliphatic carbocycles. The van der Waals surface area contributed by atoms with Gasteiger partial charge in [0.05, 0.1) is 23.1 Å². The molecule has 0 atom stereocenters. The Morgan fingerprint density at radius 2 is 1.77 bits per heavy atom. The number of nitrogens with one attached hydrogen (secondary N) is 1. The predicted octanol–water partition coefficient (Wildman–Crippen LogP) is 2.58. The first kappa shape index (κ1) is 22.8. The number of piperidine rings is 1. The van der Waals surface area contributed by atoms with Crippen LogP contribution in [0.3, 0.4) is 0 Å². The summed E-state index contributed by atoms with van der Waals surface area (Å²) in [6, 6.07) is 14.6. The standard InChI is InChI=1S/C23H28N4O3S/c1-17-4-9-22(14-18(17)2)31(29,30)26(3)16-23(28)25-20-10-12-27(13-11-20)21-7-5-19(15-24)6-8-21/h4-9,14,20H,10-13,16H2,1-3H3,(H,25,28). The third kappa shape index (κ3) is 5.43. The third-order valence-electron chi connectivity index (χ3n) is 5.77. The molecule has 164 valence electrons. The lowest BCUT2D eigenvalue weighted by Crippen LogP contribution is -2.47. The number of carbonyl (C=O) groups is 1. The minimum Gasteiger partial charge on any atom is -0.371 e. The van der Waals surface area contributed by atoms with Crippen LogP contribution in [0.15, 0.2) is 47.4 Å². The van der Waals surface area contributed by atoms with Crippen LogP contribution in [-0.2, 0) is 14.8 Å². The molecule has 31 heavy (non-hydrogen) atoms. The average molecular weight is 441 g/mol. The lowest BCUT2D eigenvalue weighted by molar-refractivity contribution is -0.121. The fourth-order valence-electron chi connectivity index (χ4n) is 3.64. The largest absolute Gasteiger partial charge is 0.371 e. The van der Waals surface area contributed by atoms with Crippen molar-refractivity contribution in [3.8, 4) is 6.07 Å². The number of anilines is 1. The lowest BCUT2D eigenvalue weighted by atomic mass is 10.0. The van der Waals surface area contributed by atoms with Gasteiger partial charge in [0.1, 0.15) is 0 Å². The van der Waals surface area contributed by atoms with Gasteiger partial charge in [-0.15, -0.1) is 0 Å². The molecule has 1 N–H and O–H groups in total. The van der Waals surface area contributed by atoms with E-state index in [9.17, 15) is 13.2 Å². The number of rotatable bonds is 6. The fraction of sp³-hybridized carbons (Fsp3) is 0.391. The monoisotopic (exact) mass is 440 g/mol. The molecule has 0 spiro atoms. The van der Waals surface area contributed by atoms with E-state index in [0.717, 1.165) is 47.1 Å².